The van der Waals surface area contributed by atoms with Gasteiger partial charge in [-0.25, -0.2) is 14.1 Å². The van der Waals surface area contributed by atoms with Crippen molar-refractivity contribution in [2.24, 2.45) is 0 Å². The topological polar surface area (TPSA) is 81.8 Å². The summed E-state index contributed by atoms with van der Waals surface area (Å²) in [5.74, 6) is -1.07. The average molecular weight is 405 g/mol. The number of aryl methyl sites for hydroxylation is 2. The van der Waals surface area contributed by atoms with Gasteiger partial charge in [-0.2, -0.15) is 5.10 Å². The van der Waals surface area contributed by atoms with E-state index in [2.05, 4.69) is 15.4 Å². The van der Waals surface area contributed by atoms with E-state index >= 15 is 0 Å². The normalized spacial score (nSPS) is 11.0. The fraction of sp³-hybridized carbons (Fsp3) is 0.182. The molecule has 0 atom stereocenters. The zero-order valence-corrected chi connectivity index (χ0v) is 16.4. The highest BCUT2D eigenvalue weighted by Gasteiger charge is 2.16. The minimum atomic E-state index is -0.583. The molecule has 30 heavy (non-hydrogen) atoms. The number of amides is 1. The quantitative estimate of drug-likeness (QED) is 0.500. The number of aromatic nitrogens is 4. The number of halogens is 1. The van der Waals surface area contributed by atoms with E-state index in [1.807, 2.05) is 28.8 Å². The van der Waals surface area contributed by atoms with Crippen LogP contribution in [0, 0.1) is 12.7 Å². The number of fused-ring (bicyclic) bond motifs is 1. The van der Waals surface area contributed by atoms with Gasteiger partial charge < -0.3 is 9.88 Å². The minimum absolute atomic E-state index is 0.177. The van der Waals surface area contributed by atoms with Crippen LogP contribution in [0.2, 0.25) is 0 Å². The standard InChI is InChI=1S/C22H20FN5O2/c1-15-13-20(29)21(26-28(15)18-9-4-2-7-16(18)23)22(30)24-11-6-12-27-14-25-17-8-3-5-10-19(17)27/h2-5,7-10,13-14H,6,11-12H2,1H3,(H,24,30). The molecule has 2 heterocycles. The first-order valence-electron chi connectivity index (χ1n) is 9.58. The number of nitrogens with zero attached hydrogens (tertiary/aromatic N) is 4. The summed E-state index contributed by atoms with van der Waals surface area (Å²) in [5.41, 5.74) is 1.79. The van der Waals surface area contributed by atoms with Crippen LogP contribution < -0.4 is 10.7 Å². The largest absolute Gasteiger partial charge is 0.350 e. The summed E-state index contributed by atoms with van der Waals surface area (Å²) in [5, 5.41) is 6.83. The molecule has 2 aromatic heterocycles. The summed E-state index contributed by atoms with van der Waals surface area (Å²) in [6, 6.07) is 15.2. The van der Waals surface area contributed by atoms with Crippen molar-refractivity contribution in [1.82, 2.24) is 24.6 Å². The second kappa shape index (κ2) is 8.28. The van der Waals surface area contributed by atoms with Crippen molar-refractivity contribution in [3.8, 4) is 5.69 Å². The molecular formula is C22H20FN5O2. The van der Waals surface area contributed by atoms with E-state index in [0.717, 1.165) is 11.0 Å². The first-order chi connectivity index (χ1) is 14.5. The van der Waals surface area contributed by atoms with Crippen LogP contribution in [-0.4, -0.2) is 31.8 Å². The molecule has 0 saturated carbocycles. The van der Waals surface area contributed by atoms with Crippen molar-refractivity contribution < 1.29 is 9.18 Å². The van der Waals surface area contributed by atoms with Crippen LogP contribution in [0.5, 0.6) is 0 Å². The number of imidazole rings is 1. The Hall–Kier alpha value is -3.81. The smallest absolute Gasteiger partial charge is 0.275 e. The molecule has 4 aromatic rings. The number of hydrogen-bond donors (Lipinski definition) is 1. The molecule has 7 nitrogen and oxygen atoms in total. The zero-order valence-electron chi connectivity index (χ0n) is 16.4. The van der Waals surface area contributed by atoms with Crippen LogP contribution in [0.15, 0.2) is 65.7 Å². The fourth-order valence-electron chi connectivity index (χ4n) is 3.30. The maximum atomic E-state index is 14.1. The number of carbonyl (C=O) groups excluding carboxylic acids is 1. The van der Waals surface area contributed by atoms with Crippen LogP contribution in [0.25, 0.3) is 16.7 Å². The molecule has 2 aromatic carbocycles. The van der Waals surface area contributed by atoms with Crippen molar-refractivity contribution in [1.29, 1.82) is 0 Å². The molecule has 0 aliphatic carbocycles. The lowest BCUT2D eigenvalue weighted by Gasteiger charge is -2.12. The molecule has 0 radical (unpaired) electrons. The van der Waals surface area contributed by atoms with E-state index in [1.165, 1.54) is 22.9 Å². The first kappa shape index (κ1) is 19.5. The summed E-state index contributed by atoms with van der Waals surface area (Å²) >= 11 is 0. The van der Waals surface area contributed by atoms with Crippen LogP contribution >= 0.6 is 0 Å². The van der Waals surface area contributed by atoms with Crippen LogP contribution in [0.4, 0.5) is 4.39 Å². The summed E-state index contributed by atoms with van der Waals surface area (Å²) < 4.78 is 17.4. The number of hydrogen-bond acceptors (Lipinski definition) is 4. The Bertz CT molecular complexity index is 1280. The van der Waals surface area contributed by atoms with Gasteiger partial charge in [0.15, 0.2) is 5.69 Å². The predicted octanol–water partition coefficient (Wildman–Crippen LogP) is 2.85. The lowest BCUT2D eigenvalue weighted by atomic mass is 10.2. The molecule has 0 aliphatic rings. The van der Waals surface area contributed by atoms with Gasteiger partial charge in [-0.15, -0.1) is 0 Å². The molecule has 152 valence electrons. The Morgan fingerprint density at radius 3 is 2.73 bits per heavy atom. The van der Waals surface area contributed by atoms with Crippen molar-refractivity contribution >= 4 is 16.9 Å². The van der Waals surface area contributed by atoms with Gasteiger partial charge in [0.1, 0.15) is 11.5 Å². The maximum absolute atomic E-state index is 14.1. The Morgan fingerprint density at radius 1 is 1.13 bits per heavy atom. The predicted molar refractivity (Wildman–Crippen MR) is 111 cm³/mol. The van der Waals surface area contributed by atoms with Crippen LogP contribution in [0.3, 0.4) is 0 Å². The highest BCUT2D eigenvalue weighted by atomic mass is 19.1. The number of rotatable bonds is 6. The Balaban J connectivity index is 1.45. The van der Waals surface area contributed by atoms with E-state index in [0.29, 0.717) is 25.2 Å². The maximum Gasteiger partial charge on any atom is 0.275 e. The van der Waals surface area contributed by atoms with Crippen LogP contribution in [0.1, 0.15) is 22.6 Å². The minimum Gasteiger partial charge on any atom is -0.350 e. The number of carbonyl (C=O) groups is 1. The van der Waals surface area contributed by atoms with Gasteiger partial charge in [-0.1, -0.05) is 24.3 Å². The molecule has 0 unspecified atom stereocenters. The number of para-hydroxylation sites is 3. The summed E-state index contributed by atoms with van der Waals surface area (Å²) in [6.45, 7) is 2.67. The van der Waals surface area contributed by atoms with Gasteiger partial charge in [0, 0.05) is 24.8 Å². The molecule has 0 spiro atoms. The van der Waals surface area contributed by atoms with E-state index < -0.39 is 17.2 Å². The van der Waals surface area contributed by atoms with Crippen LogP contribution in [-0.2, 0) is 6.54 Å². The van der Waals surface area contributed by atoms with Gasteiger partial charge in [0.2, 0.25) is 5.43 Å². The third-order valence-corrected chi connectivity index (χ3v) is 4.79. The summed E-state index contributed by atoms with van der Waals surface area (Å²) in [6.07, 6.45) is 2.42. The molecule has 4 rings (SSSR count). The highest BCUT2D eigenvalue weighted by molar-refractivity contribution is 5.92. The number of benzene rings is 2. The molecule has 1 N–H and O–H groups in total. The second-order valence-corrected chi connectivity index (χ2v) is 6.90. The zero-order chi connectivity index (χ0) is 21.1. The van der Waals surface area contributed by atoms with Gasteiger partial charge in [0.05, 0.1) is 17.4 Å². The van der Waals surface area contributed by atoms with Crippen molar-refractivity contribution in [3.63, 3.8) is 0 Å². The fourth-order valence-corrected chi connectivity index (χ4v) is 3.30. The molecule has 0 bridgehead atoms. The molecule has 8 heteroatoms. The third-order valence-electron chi connectivity index (χ3n) is 4.79. The molecule has 0 aliphatic heterocycles. The lowest BCUT2D eigenvalue weighted by molar-refractivity contribution is 0.0944. The number of nitrogens with one attached hydrogen (secondary N) is 1. The first-order valence-corrected chi connectivity index (χ1v) is 9.58. The monoisotopic (exact) mass is 405 g/mol. The summed E-state index contributed by atoms with van der Waals surface area (Å²) in [7, 11) is 0. The molecule has 0 saturated heterocycles. The van der Waals surface area contributed by atoms with E-state index in [-0.39, 0.29) is 11.4 Å². The van der Waals surface area contributed by atoms with Crippen molar-refractivity contribution in [2.45, 2.75) is 19.9 Å². The van der Waals surface area contributed by atoms with Crippen molar-refractivity contribution in [3.05, 3.63) is 88.4 Å². The lowest BCUT2D eigenvalue weighted by Crippen LogP contribution is -2.33. The Morgan fingerprint density at radius 2 is 1.90 bits per heavy atom. The second-order valence-electron chi connectivity index (χ2n) is 6.90. The van der Waals surface area contributed by atoms with Crippen molar-refractivity contribution in [2.75, 3.05) is 6.54 Å². The highest BCUT2D eigenvalue weighted by Crippen LogP contribution is 2.13. The molecular weight excluding hydrogens is 385 g/mol. The SMILES string of the molecule is Cc1cc(=O)c(C(=O)NCCCn2cnc3ccccc32)nn1-c1ccccc1F. The van der Waals surface area contributed by atoms with E-state index in [1.54, 1.807) is 25.4 Å². The van der Waals surface area contributed by atoms with Gasteiger partial charge >= 0.3 is 0 Å². The van der Waals surface area contributed by atoms with E-state index in [4.69, 9.17) is 0 Å². The van der Waals surface area contributed by atoms with Gasteiger partial charge in [0.25, 0.3) is 5.91 Å². The third kappa shape index (κ3) is 3.84. The van der Waals surface area contributed by atoms with Gasteiger partial charge in [-0.05, 0) is 37.6 Å². The Labute approximate surface area is 171 Å². The van der Waals surface area contributed by atoms with E-state index in [9.17, 15) is 14.0 Å². The molecule has 1 amide bonds. The Kier molecular flexibility index (Phi) is 5.38. The average Bonchev–Trinajstić information content (AvgIpc) is 3.15. The van der Waals surface area contributed by atoms with Gasteiger partial charge in [-0.3, -0.25) is 9.59 Å². The molecule has 0 fully saturated rings. The summed E-state index contributed by atoms with van der Waals surface area (Å²) in [4.78, 5) is 29.1.